The molecule has 0 aromatic heterocycles. The van der Waals surface area contributed by atoms with Gasteiger partial charge in [0.05, 0.1) is 7.11 Å². The average molecular weight is 267 g/mol. The predicted octanol–water partition coefficient (Wildman–Crippen LogP) is 0.856. The van der Waals surface area contributed by atoms with Gasteiger partial charge in [0.15, 0.2) is 21.4 Å². The van der Waals surface area contributed by atoms with E-state index in [4.69, 9.17) is 5.21 Å². The molecule has 0 bridgehead atoms. The number of ether oxygens (including phenoxy) is 1. The van der Waals surface area contributed by atoms with E-state index >= 15 is 0 Å². The minimum absolute atomic E-state index is 0.0302. The molecule has 1 aromatic rings. The summed E-state index contributed by atoms with van der Waals surface area (Å²) in [5.41, 5.74) is 1.68. The van der Waals surface area contributed by atoms with Gasteiger partial charge in [-0.1, -0.05) is 0 Å². The van der Waals surface area contributed by atoms with Crippen molar-refractivity contribution in [2.75, 3.05) is 13.4 Å². The molecule has 0 unspecified atom stereocenters. The van der Waals surface area contributed by atoms with Crippen molar-refractivity contribution in [3.63, 3.8) is 0 Å². The molecule has 0 saturated carbocycles. The molecular formula is C9H11F2NO4S. The topological polar surface area (TPSA) is 75.6 Å². The van der Waals surface area contributed by atoms with Crippen LogP contribution in [0.1, 0.15) is 5.56 Å². The highest BCUT2D eigenvalue weighted by Gasteiger charge is 2.25. The van der Waals surface area contributed by atoms with Crippen molar-refractivity contribution in [3.8, 4) is 5.75 Å². The third kappa shape index (κ3) is 2.71. The van der Waals surface area contributed by atoms with Gasteiger partial charge in [0, 0.05) is 18.4 Å². The molecule has 0 heterocycles. The smallest absolute Gasteiger partial charge is 0.186 e. The summed E-state index contributed by atoms with van der Waals surface area (Å²) in [6.45, 7) is -0.277. The lowest BCUT2D eigenvalue weighted by molar-refractivity contribution is 0.159. The molecule has 1 aromatic carbocycles. The van der Waals surface area contributed by atoms with Gasteiger partial charge in [-0.25, -0.2) is 22.7 Å². The van der Waals surface area contributed by atoms with Crippen molar-refractivity contribution in [1.82, 2.24) is 5.48 Å². The lowest BCUT2D eigenvalue weighted by Crippen LogP contribution is -2.12. The van der Waals surface area contributed by atoms with Crippen LogP contribution in [-0.2, 0) is 16.4 Å². The van der Waals surface area contributed by atoms with Crippen molar-refractivity contribution in [3.05, 3.63) is 23.3 Å². The van der Waals surface area contributed by atoms with Crippen molar-refractivity contribution in [2.45, 2.75) is 11.4 Å². The number of benzene rings is 1. The summed E-state index contributed by atoms with van der Waals surface area (Å²) >= 11 is 0. The monoisotopic (exact) mass is 267 g/mol. The minimum Gasteiger partial charge on any atom is -0.493 e. The Morgan fingerprint density at radius 1 is 1.47 bits per heavy atom. The molecule has 1 rings (SSSR count). The van der Waals surface area contributed by atoms with Crippen LogP contribution in [0.5, 0.6) is 5.75 Å². The third-order valence-electron chi connectivity index (χ3n) is 2.05. The molecule has 0 fully saturated rings. The molecule has 8 heteroatoms. The van der Waals surface area contributed by atoms with Crippen LogP contribution in [-0.4, -0.2) is 27.0 Å². The fourth-order valence-electron chi connectivity index (χ4n) is 1.41. The lowest BCUT2D eigenvalue weighted by Gasteiger charge is -2.12. The van der Waals surface area contributed by atoms with Gasteiger partial charge in [-0.2, -0.15) is 0 Å². The summed E-state index contributed by atoms with van der Waals surface area (Å²) in [6.07, 6.45) is 0.692. The number of rotatable bonds is 4. The Hall–Kier alpha value is -1.25. The Bertz CT molecular complexity index is 530. The second-order valence-electron chi connectivity index (χ2n) is 3.30. The van der Waals surface area contributed by atoms with Crippen LogP contribution < -0.4 is 10.2 Å². The maximum Gasteiger partial charge on any atom is 0.186 e. The highest BCUT2D eigenvalue weighted by Crippen LogP contribution is 2.30. The summed E-state index contributed by atoms with van der Waals surface area (Å²) in [7, 11) is -2.93. The molecule has 2 N–H and O–H groups in total. The summed E-state index contributed by atoms with van der Waals surface area (Å²) in [6, 6.07) is 0.793. The Labute approximate surface area is 96.9 Å². The number of halogens is 2. The van der Waals surface area contributed by atoms with Crippen LogP contribution in [0, 0.1) is 11.6 Å². The third-order valence-corrected chi connectivity index (χ3v) is 3.17. The van der Waals surface area contributed by atoms with Crippen molar-refractivity contribution in [1.29, 1.82) is 0 Å². The van der Waals surface area contributed by atoms with E-state index in [1.54, 1.807) is 5.48 Å². The zero-order valence-electron chi connectivity index (χ0n) is 9.12. The summed E-state index contributed by atoms with van der Waals surface area (Å²) < 4.78 is 54.3. The summed E-state index contributed by atoms with van der Waals surface area (Å²) in [5, 5.41) is 8.48. The Kier molecular flexibility index (Phi) is 4.02. The first-order valence-electron chi connectivity index (χ1n) is 4.44. The Morgan fingerprint density at radius 2 is 2.06 bits per heavy atom. The highest BCUT2D eigenvalue weighted by molar-refractivity contribution is 7.90. The fraction of sp³-hybridized carbons (Fsp3) is 0.333. The quantitative estimate of drug-likeness (QED) is 0.791. The molecular weight excluding hydrogens is 256 g/mol. The summed E-state index contributed by atoms with van der Waals surface area (Å²) in [5.74, 6) is -2.95. The molecule has 0 spiro atoms. The van der Waals surface area contributed by atoms with Gasteiger partial charge in [0.1, 0.15) is 10.7 Å². The van der Waals surface area contributed by atoms with E-state index in [1.165, 1.54) is 0 Å². The number of sulfone groups is 1. The van der Waals surface area contributed by atoms with Crippen molar-refractivity contribution < 1.29 is 27.1 Å². The maximum atomic E-state index is 13.8. The first kappa shape index (κ1) is 13.8. The van der Waals surface area contributed by atoms with E-state index in [1.807, 2.05) is 0 Å². The van der Waals surface area contributed by atoms with Crippen molar-refractivity contribution >= 4 is 9.84 Å². The van der Waals surface area contributed by atoms with Crippen LogP contribution in [0.2, 0.25) is 0 Å². The van der Waals surface area contributed by atoms with Gasteiger partial charge >= 0.3 is 0 Å². The van der Waals surface area contributed by atoms with E-state index in [0.29, 0.717) is 6.26 Å². The number of hydrogen-bond acceptors (Lipinski definition) is 5. The highest BCUT2D eigenvalue weighted by atomic mass is 32.2. The Balaban J connectivity index is 3.58. The number of hydroxylamine groups is 1. The predicted molar refractivity (Wildman–Crippen MR) is 54.6 cm³/mol. The van der Waals surface area contributed by atoms with E-state index in [2.05, 4.69) is 4.74 Å². The number of hydrogen-bond donors (Lipinski definition) is 2. The zero-order valence-corrected chi connectivity index (χ0v) is 9.94. The van der Waals surface area contributed by atoms with Gasteiger partial charge in [-0.15, -0.1) is 0 Å². The number of nitrogens with one attached hydrogen (secondary N) is 1. The molecule has 0 saturated heterocycles. The van der Waals surface area contributed by atoms with Gasteiger partial charge in [-0.05, 0) is 6.07 Å². The van der Waals surface area contributed by atoms with Gasteiger partial charge in [0.25, 0.3) is 0 Å². The molecule has 0 amide bonds. The van der Waals surface area contributed by atoms with E-state index in [9.17, 15) is 17.2 Å². The van der Waals surface area contributed by atoms with Gasteiger partial charge < -0.3 is 9.94 Å². The molecule has 0 aliphatic carbocycles. The molecule has 5 nitrogen and oxygen atoms in total. The fourth-order valence-corrected chi connectivity index (χ4v) is 2.24. The second-order valence-corrected chi connectivity index (χ2v) is 5.25. The molecule has 0 aliphatic rings. The van der Waals surface area contributed by atoms with E-state index in [0.717, 1.165) is 13.2 Å². The SMILES string of the molecule is COc1c(CNO)cc(F)c(S(C)(=O)=O)c1F. The first-order chi connectivity index (χ1) is 7.82. The molecule has 0 radical (unpaired) electrons. The molecule has 17 heavy (non-hydrogen) atoms. The number of methoxy groups -OCH3 is 1. The largest absolute Gasteiger partial charge is 0.493 e. The lowest BCUT2D eigenvalue weighted by atomic mass is 10.2. The first-order valence-corrected chi connectivity index (χ1v) is 6.34. The van der Waals surface area contributed by atoms with Gasteiger partial charge in [-0.3, -0.25) is 0 Å². The van der Waals surface area contributed by atoms with Crippen LogP contribution in [0.3, 0.4) is 0 Å². The van der Waals surface area contributed by atoms with Gasteiger partial charge in [0.2, 0.25) is 0 Å². The summed E-state index contributed by atoms with van der Waals surface area (Å²) in [4.78, 5) is -1.05. The average Bonchev–Trinajstić information content (AvgIpc) is 2.15. The Morgan fingerprint density at radius 3 is 2.47 bits per heavy atom. The van der Waals surface area contributed by atoms with E-state index in [-0.39, 0.29) is 12.1 Å². The molecule has 0 atom stereocenters. The van der Waals surface area contributed by atoms with Crippen LogP contribution in [0.4, 0.5) is 8.78 Å². The second kappa shape index (κ2) is 4.94. The van der Waals surface area contributed by atoms with Crippen LogP contribution in [0.25, 0.3) is 0 Å². The normalized spacial score (nSPS) is 11.6. The zero-order chi connectivity index (χ0) is 13.2. The maximum absolute atomic E-state index is 13.8. The molecule has 0 aliphatic heterocycles. The van der Waals surface area contributed by atoms with Crippen LogP contribution in [0.15, 0.2) is 11.0 Å². The standard InChI is InChI=1S/C9H11F2NO4S/c1-16-8-5(4-12-13)3-6(10)9(7(8)11)17(2,14)15/h3,12-13H,4H2,1-2H3. The minimum atomic E-state index is -4.04. The van der Waals surface area contributed by atoms with Crippen molar-refractivity contribution in [2.24, 2.45) is 0 Å². The van der Waals surface area contributed by atoms with E-state index < -0.39 is 32.1 Å². The van der Waals surface area contributed by atoms with Crippen LogP contribution >= 0.6 is 0 Å². The molecule has 96 valence electrons.